The molecule has 0 N–H and O–H groups in total. The summed E-state index contributed by atoms with van der Waals surface area (Å²) in [4.78, 5) is 0. The van der Waals surface area contributed by atoms with Crippen molar-refractivity contribution >= 4 is 23.2 Å². The molecule has 5 nitrogen and oxygen atoms in total. The van der Waals surface area contributed by atoms with E-state index in [1.165, 1.54) is 5.56 Å². The van der Waals surface area contributed by atoms with Gasteiger partial charge in [-0.15, -0.1) is 5.10 Å². The number of benzene rings is 3. The number of nitrogens with zero attached hydrogens (tertiary/aromatic N) is 4. The third-order valence-electron chi connectivity index (χ3n) is 4.50. The first-order valence-corrected chi connectivity index (χ1v) is 9.92. The summed E-state index contributed by atoms with van der Waals surface area (Å²) in [6, 6.07) is 25.4. The van der Waals surface area contributed by atoms with Gasteiger partial charge in [-0.25, -0.2) is 0 Å². The van der Waals surface area contributed by atoms with Crippen molar-refractivity contribution in [2.24, 2.45) is 0 Å². The lowest BCUT2D eigenvalue weighted by Crippen LogP contribution is -2.18. The molecule has 0 aliphatic heterocycles. The van der Waals surface area contributed by atoms with E-state index in [1.54, 1.807) is 10.7 Å². The van der Waals surface area contributed by atoms with Gasteiger partial charge in [-0.1, -0.05) is 89.9 Å². The van der Waals surface area contributed by atoms with Crippen LogP contribution in [0, 0.1) is 0 Å². The molecule has 4 rings (SSSR count). The second-order valence-corrected chi connectivity index (χ2v) is 7.20. The molecule has 0 bridgehead atoms. The Balaban J connectivity index is 1.66. The minimum atomic E-state index is -0.500. The topological polar surface area (TPSA) is 52.8 Å². The zero-order valence-electron chi connectivity index (χ0n) is 15.5. The molecular weight excluding hydrogens is 407 g/mol. The number of tetrazole rings is 1. The van der Waals surface area contributed by atoms with Crippen molar-refractivity contribution < 1.29 is 4.74 Å². The van der Waals surface area contributed by atoms with Crippen LogP contribution in [-0.4, -0.2) is 26.8 Å². The van der Waals surface area contributed by atoms with Crippen LogP contribution in [-0.2, 0) is 11.2 Å². The largest absolute Gasteiger partial charge is 0.352 e. The SMILES string of the molecule is Clc1cccc(-c2nnnn2C(OCCc2ccccc2)c2ccccc2)c1Cl. The zero-order valence-corrected chi connectivity index (χ0v) is 17.0. The molecule has 0 amide bonds. The molecule has 0 saturated carbocycles. The van der Waals surface area contributed by atoms with Crippen molar-refractivity contribution in [1.82, 2.24) is 20.2 Å². The molecule has 29 heavy (non-hydrogen) atoms. The van der Waals surface area contributed by atoms with Crippen molar-refractivity contribution in [3.63, 3.8) is 0 Å². The molecule has 146 valence electrons. The molecule has 0 spiro atoms. The summed E-state index contributed by atoms with van der Waals surface area (Å²) in [6.07, 6.45) is 0.277. The minimum absolute atomic E-state index is 0.404. The Hall–Kier alpha value is -2.73. The molecule has 7 heteroatoms. The van der Waals surface area contributed by atoms with Crippen LogP contribution in [0.4, 0.5) is 0 Å². The van der Waals surface area contributed by atoms with Crippen LogP contribution in [0.3, 0.4) is 0 Å². The maximum absolute atomic E-state index is 6.41. The number of aromatic nitrogens is 4. The second kappa shape index (κ2) is 9.18. The average molecular weight is 425 g/mol. The van der Waals surface area contributed by atoms with E-state index in [0.717, 1.165) is 12.0 Å². The Morgan fingerprint density at radius 1 is 0.862 bits per heavy atom. The summed E-state index contributed by atoms with van der Waals surface area (Å²) in [5.41, 5.74) is 2.79. The quantitative estimate of drug-likeness (QED) is 0.395. The van der Waals surface area contributed by atoms with Gasteiger partial charge in [-0.3, -0.25) is 0 Å². The highest BCUT2D eigenvalue weighted by Crippen LogP contribution is 2.34. The van der Waals surface area contributed by atoms with E-state index in [4.69, 9.17) is 27.9 Å². The van der Waals surface area contributed by atoms with Crippen molar-refractivity contribution in [3.05, 3.63) is 100 Å². The normalized spacial score (nSPS) is 12.1. The lowest BCUT2D eigenvalue weighted by atomic mass is 10.1. The molecule has 0 aliphatic carbocycles. The summed E-state index contributed by atoms with van der Waals surface area (Å²) in [5.74, 6) is 0.492. The monoisotopic (exact) mass is 424 g/mol. The third-order valence-corrected chi connectivity index (χ3v) is 5.32. The standard InChI is InChI=1S/C22H18Cl2N4O/c23-19-13-7-12-18(20(19)24)21-25-26-27-28(21)22(17-10-5-2-6-11-17)29-15-14-16-8-3-1-4-9-16/h1-13,22H,14-15H2. The predicted octanol–water partition coefficient (Wildman–Crippen LogP) is 5.45. The molecule has 1 heterocycles. The third kappa shape index (κ3) is 4.48. The summed E-state index contributed by atoms with van der Waals surface area (Å²) in [6.45, 7) is 0.506. The molecule has 1 unspecified atom stereocenters. The van der Waals surface area contributed by atoms with Gasteiger partial charge >= 0.3 is 0 Å². The van der Waals surface area contributed by atoms with Gasteiger partial charge in [-0.2, -0.15) is 4.68 Å². The van der Waals surface area contributed by atoms with E-state index in [1.807, 2.05) is 60.7 Å². The van der Waals surface area contributed by atoms with Crippen molar-refractivity contribution in [2.45, 2.75) is 12.6 Å². The van der Waals surface area contributed by atoms with Gasteiger partial charge in [0.1, 0.15) is 0 Å². The van der Waals surface area contributed by atoms with Crippen LogP contribution in [0.1, 0.15) is 17.4 Å². The van der Waals surface area contributed by atoms with Crippen LogP contribution in [0.5, 0.6) is 0 Å². The Labute approximate surface area is 178 Å². The lowest BCUT2D eigenvalue weighted by molar-refractivity contribution is 0.0254. The van der Waals surface area contributed by atoms with E-state index in [-0.39, 0.29) is 0 Å². The van der Waals surface area contributed by atoms with Crippen molar-refractivity contribution in [3.8, 4) is 11.4 Å². The maximum Gasteiger partial charge on any atom is 0.186 e. The smallest absolute Gasteiger partial charge is 0.186 e. The summed E-state index contributed by atoms with van der Waals surface area (Å²) >= 11 is 12.6. The van der Waals surface area contributed by atoms with Gasteiger partial charge in [0.2, 0.25) is 0 Å². The number of ether oxygens (including phenoxy) is 1. The highest BCUT2D eigenvalue weighted by atomic mass is 35.5. The van der Waals surface area contributed by atoms with Gasteiger partial charge in [-0.05, 0) is 34.5 Å². The molecule has 0 radical (unpaired) electrons. The minimum Gasteiger partial charge on any atom is -0.352 e. The van der Waals surface area contributed by atoms with Crippen molar-refractivity contribution in [1.29, 1.82) is 0 Å². The predicted molar refractivity (Wildman–Crippen MR) is 114 cm³/mol. The average Bonchev–Trinajstić information content (AvgIpc) is 3.24. The molecule has 0 aliphatic rings. The highest BCUT2D eigenvalue weighted by Gasteiger charge is 2.23. The van der Waals surface area contributed by atoms with Crippen LogP contribution in [0.2, 0.25) is 10.0 Å². The molecule has 0 saturated heterocycles. The Kier molecular flexibility index (Phi) is 6.20. The number of halogens is 2. The van der Waals surface area contributed by atoms with Gasteiger partial charge in [0, 0.05) is 11.1 Å². The number of hydrogen-bond acceptors (Lipinski definition) is 4. The van der Waals surface area contributed by atoms with E-state index in [2.05, 4.69) is 27.7 Å². The van der Waals surface area contributed by atoms with E-state index in [9.17, 15) is 0 Å². The Bertz CT molecular complexity index is 1070. The summed E-state index contributed by atoms with van der Waals surface area (Å²) in [5, 5.41) is 13.1. The number of rotatable bonds is 7. The Morgan fingerprint density at radius 3 is 2.34 bits per heavy atom. The van der Waals surface area contributed by atoms with Gasteiger partial charge in [0.05, 0.1) is 16.7 Å². The van der Waals surface area contributed by atoms with Crippen molar-refractivity contribution in [2.75, 3.05) is 6.61 Å². The molecule has 4 aromatic rings. The number of hydrogen-bond donors (Lipinski definition) is 0. The molecule has 0 fully saturated rings. The van der Waals surface area contributed by atoms with E-state index < -0.39 is 6.23 Å². The fraction of sp³-hybridized carbons (Fsp3) is 0.136. The summed E-state index contributed by atoms with van der Waals surface area (Å²) in [7, 11) is 0. The lowest BCUT2D eigenvalue weighted by Gasteiger charge is -2.20. The van der Waals surface area contributed by atoms with Crippen LogP contribution in [0.15, 0.2) is 78.9 Å². The molecule has 1 aromatic heterocycles. The van der Waals surface area contributed by atoms with Crippen LogP contribution >= 0.6 is 23.2 Å². The summed E-state index contributed by atoms with van der Waals surface area (Å²) < 4.78 is 7.89. The first kappa shape index (κ1) is 19.6. The highest BCUT2D eigenvalue weighted by molar-refractivity contribution is 6.43. The first-order valence-electron chi connectivity index (χ1n) is 9.17. The molecule has 3 aromatic carbocycles. The zero-order chi connectivity index (χ0) is 20.1. The van der Waals surface area contributed by atoms with Crippen LogP contribution in [0.25, 0.3) is 11.4 Å². The Morgan fingerprint density at radius 2 is 1.59 bits per heavy atom. The van der Waals surface area contributed by atoms with E-state index in [0.29, 0.717) is 28.0 Å². The maximum atomic E-state index is 6.41. The fourth-order valence-corrected chi connectivity index (χ4v) is 3.45. The fourth-order valence-electron chi connectivity index (χ4n) is 3.06. The van der Waals surface area contributed by atoms with Gasteiger partial charge < -0.3 is 4.74 Å². The molecular formula is C22H18Cl2N4O. The second-order valence-electron chi connectivity index (χ2n) is 6.42. The first-order chi connectivity index (χ1) is 14.2. The van der Waals surface area contributed by atoms with E-state index >= 15 is 0 Å². The van der Waals surface area contributed by atoms with Gasteiger partial charge in [0.25, 0.3) is 0 Å². The van der Waals surface area contributed by atoms with Gasteiger partial charge in [0.15, 0.2) is 12.1 Å². The van der Waals surface area contributed by atoms with Crippen LogP contribution < -0.4 is 0 Å². The molecule has 1 atom stereocenters.